The Labute approximate surface area is 170 Å². The first kappa shape index (κ1) is 20.5. The van der Waals surface area contributed by atoms with Gasteiger partial charge in [0.05, 0.1) is 0 Å². The van der Waals surface area contributed by atoms with Crippen molar-refractivity contribution in [2.45, 2.75) is 31.6 Å². The Kier molecular flexibility index (Phi) is 6.89. The van der Waals surface area contributed by atoms with Crippen molar-refractivity contribution < 1.29 is 14.7 Å². The molecule has 1 fully saturated rings. The lowest BCUT2D eigenvalue weighted by molar-refractivity contribution is -0.136. The number of piperidine rings is 1. The van der Waals surface area contributed by atoms with Crippen LogP contribution >= 0.6 is 0 Å². The third kappa shape index (κ3) is 5.60. The van der Waals surface area contributed by atoms with Crippen LogP contribution in [0.5, 0.6) is 0 Å². The highest BCUT2D eigenvalue weighted by Gasteiger charge is 2.21. The van der Waals surface area contributed by atoms with E-state index in [9.17, 15) is 9.59 Å². The zero-order valence-corrected chi connectivity index (χ0v) is 16.4. The first-order valence-electron chi connectivity index (χ1n) is 9.90. The van der Waals surface area contributed by atoms with E-state index in [4.69, 9.17) is 10.8 Å². The largest absolute Gasteiger partial charge is 0.481 e. The number of aliphatic carboxylic acids is 1. The molecule has 152 valence electrons. The lowest BCUT2D eigenvalue weighted by Crippen LogP contribution is -2.41. The van der Waals surface area contributed by atoms with E-state index in [2.05, 4.69) is 29.2 Å². The van der Waals surface area contributed by atoms with Gasteiger partial charge < -0.3 is 20.7 Å². The van der Waals surface area contributed by atoms with Crippen LogP contribution in [0, 0.1) is 0 Å². The average Bonchev–Trinajstić information content (AvgIpc) is 3.17. The van der Waals surface area contributed by atoms with Gasteiger partial charge >= 0.3 is 12.0 Å². The molecule has 1 aliphatic heterocycles. The second-order valence-corrected chi connectivity index (χ2v) is 7.26. The van der Waals surface area contributed by atoms with Gasteiger partial charge in [0.15, 0.2) is 0 Å². The number of nitrogens with zero attached hydrogens (tertiary/aromatic N) is 1. The number of rotatable bonds is 4. The van der Waals surface area contributed by atoms with Gasteiger partial charge in [0.25, 0.3) is 0 Å². The van der Waals surface area contributed by atoms with E-state index in [0.717, 1.165) is 42.4 Å². The number of primary amides is 1. The average molecular weight is 393 g/mol. The molecule has 2 heterocycles. The van der Waals surface area contributed by atoms with Crippen LogP contribution < -0.4 is 5.73 Å². The molecule has 2 amide bonds. The first-order valence-corrected chi connectivity index (χ1v) is 9.90. The fourth-order valence-electron chi connectivity index (χ4n) is 3.74. The van der Waals surface area contributed by atoms with Gasteiger partial charge in [-0.15, -0.1) is 0 Å². The second kappa shape index (κ2) is 9.78. The van der Waals surface area contributed by atoms with E-state index in [1.54, 1.807) is 4.90 Å². The number of carbonyl (C=O) groups is 2. The molecule has 0 aliphatic carbocycles. The number of hydrogen-bond acceptors (Lipinski definition) is 2. The number of hydrogen-bond donors (Lipinski definition) is 3. The number of aryl methyl sites for hydroxylation is 1. The molecule has 0 radical (unpaired) electrons. The number of urea groups is 1. The number of H-pyrrole nitrogens is 1. The summed E-state index contributed by atoms with van der Waals surface area (Å²) in [6.45, 7) is 1.57. The van der Waals surface area contributed by atoms with Gasteiger partial charge in [-0.1, -0.05) is 48.5 Å². The van der Waals surface area contributed by atoms with Crippen LogP contribution in [0.25, 0.3) is 10.9 Å². The number of benzene rings is 2. The fraction of sp³-hybridized carbons (Fsp3) is 0.304. The van der Waals surface area contributed by atoms with Gasteiger partial charge in [0, 0.05) is 36.6 Å². The number of nitrogens with one attached hydrogen (secondary N) is 1. The van der Waals surface area contributed by atoms with Gasteiger partial charge in [-0.2, -0.15) is 0 Å². The molecule has 0 spiro atoms. The molecule has 4 rings (SSSR count). The Morgan fingerprint density at radius 1 is 1.03 bits per heavy atom. The number of likely N-dealkylation sites (tertiary alicyclic amines) is 1. The second-order valence-electron chi connectivity index (χ2n) is 7.26. The van der Waals surface area contributed by atoms with Crippen LogP contribution in [0.15, 0.2) is 60.8 Å². The third-order valence-corrected chi connectivity index (χ3v) is 5.36. The van der Waals surface area contributed by atoms with Gasteiger partial charge in [0.1, 0.15) is 0 Å². The molecule has 4 N–H and O–H groups in total. The summed E-state index contributed by atoms with van der Waals surface area (Å²) in [6.07, 6.45) is 4.69. The summed E-state index contributed by atoms with van der Waals surface area (Å²) < 4.78 is 0. The van der Waals surface area contributed by atoms with Crippen molar-refractivity contribution in [3.8, 4) is 0 Å². The number of para-hydroxylation sites is 1. The van der Waals surface area contributed by atoms with E-state index in [1.165, 1.54) is 5.56 Å². The highest BCUT2D eigenvalue weighted by atomic mass is 16.4. The van der Waals surface area contributed by atoms with Gasteiger partial charge in [-0.25, -0.2) is 4.79 Å². The summed E-state index contributed by atoms with van der Waals surface area (Å²) in [5, 5.41) is 9.69. The smallest absolute Gasteiger partial charge is 0.314 e. The van der Waals surface area contributed by atoms with Crippen molar-refractivity contribution >= 4 is 22.9 Å². The van der Waals surface area contributed by atoms with E-state index in [-0.39, 0.29) is 12.5 Å². The minimum absolute atomic E-state index is 0.182. The monoisotopic (exact) mass is 393 g/mol. The fourth-order valence-corrected chi connectivity index (χ4v) is 3.74. The zero-order valence-electron chi connectivity index (χ0n) is 16.4. The molecule has 0 bridgehead atoms. The molecule has 1 aromatic heterocycles. The standard InChI is InChI=1S/C12H16N2O.C11H11NO2/c13-12(15)14-8-6-11(7-9-14)10-4-2-1-3-5-10;13-11(14)6-5-8-7-12-10-4-2-1-3-9(8)10/h1-5,11H,6-9H2,(H2,13,15);1-4,7,12H,5-6H2,(H,13,14). The quantitative estimate of drug-likeness (QED) is 0.621. The Morgan fingerprint density at radius 3 is 2.34 bits per heavy atom. The molecular formula is C23H27N3O3. The van der Waals surface area contributed by atoms with E-state index < -0.39 is 5.97 Å². The maximum atomic E-state index is 10.9. The lowest BCUT2D eigenvalue weighted by atomic mass is 9.90. The topological polar surface area (TPSA) is 99.4 Å². The highest BCUT2D eigenvalue weighted by Crippen LogP contribution is 2.27. The van der Waals surface area contributed by atoms with Crippen molar-refractivity contribution in [3.05, 3.63) is 71.9 Å². The Morgan fingerprint density at radius 2 is 1.69 bits per heavy atom. The molecule has 1 saturated heterocycles. The molecule has 6 heteroatoms. The normalized spacial score (nSPS) is 14.3. The van der Waals surface area contributed by atoms with Crippen LogP contribution in [0.3, 0.4) is 0 Å². The highest BCUT2D eigenvalue weighted by molar-refractivity contribution is 5.83. The molecule has 6 nitrogen and oxygen atoms in total. The molecular weight excluding hydrogens is 366 g/mol. The number of amides is 2. The van der Waals surface area contributed by atoms with Crippen molar-refractivity contribution in [1.29, 1.82) is 0 Å². The molecule has 3 aromatic rings. The molecule has 0 unspecified atom stereocenters. The van der Waals surface area contributed by atoms with Crippen molar-refractivity contribution in [2.75, 3.05) is 13.1 Å². The predicted octanol–water partition coefficient (Wildman–Crippen LogP) is 4.13. The molecule has 29 heavy (non-hydrogen) atoms. The number of fused-ring (bicyclic) bond motifs is 1. The van der Waals surface area contributed by atoms with Crippen LogP contribution in [-0.4, -0.2) is 40.1 Å². The maximum Gasteiger partial charge on any atom is 0.314 e. The van der Waals surface area contributed by atoms with Gasteiger partial charge in [-0.05, 0) is 42.4 Å². The SMILES string of the molecule is NC(=O)N1CCC(c2ccccc2)CC1.O=C(O)CCc1c[nH]c2ccccc12. The van der Waals surface area contributed by atoms with E-state index in [0.29, 0.717) is 12.3 Å². The molecule has 0 saturated carbocycles. The van der Waals surface area contributed by atoms with E-state index >= 15 is 0 Å². The Hall–Kier alpha value is -3.28. The minimum atomic E-state index is -0.754. The van der Waals surface area contributed by atoms with Crippen molar-refractivity contribution in [1.82, 2.24) is 9.88 Å². The molecule has 0 atom stereocenters. The predicted molar refractivity (Wildman–Crippen MR) is 114 cm³/mol. The van der Waals surface area contributed by atoms with Crippen LogP contribution in [0.4, 0.5) is 4.79 Å². The van der Waals surface area contributed by atoms with Gasteiger partial charge in [0.2, 0.25) is 0 Å². The van der Waals surface area contributed by atoms with Crippen LogP contribution in [0.1, 0.15) is 36.3 Å². The molecule has 2 aromatic carbocycles. The number of nitrogens with two attached hydrogens (primary N) is 1. The minimum Gasteiger partial charge on any atom is -0.481 e. The van der Waals surface area contributed by atoms with E-state index in [1.807, 2.05) is 36.5 Å². The number of carbonyl (C=O) groups excluding carboxylic acids is 1. The van der Waals surface area contributed by atoms with Gasteiger partial charge in [-0.3, -0.25) is 4.79 Å². The van der Waals surface area contributed by atoms with Crippen LogP contribution in [-0.2, 0) is 11.2 Å². The summed E-state index contributed by atoms with van der Waals surface area (Å²) in [5.74, 6) is -0.169. The summed E-state index contributed by atoms with van der Waals surface area (Å²) >= 11 is 0. The van der Waals surface area contributed by atoms with Crippen molar-refractivity contribution in [2.24, 2.45) is 5.73 Å². The number of aromatic amines is 1. The summed E-state index contributed by atoms with van der Waals surface area (Å²) in [4.78, 5) is 26.2. The Bertz CT molecular complexity index is 944. The number of aromatic nitrogens is 1. The summed E-state index contributed by atoms with van der Waals surface area (Å²) in [5.41, 5.74) is 8.75. The lowest BCUT2D eigenvalue weighted by Gasteiger charge is -2.30. The number of carboxylic acid groups (broad SMARTS) is 1. The zero-order chi connectivity index (χ0) is 20.6. The summed E-state index contributed by atoms with van der Waals surface area (Å²) in [7, 11) is 0. The maximum absolute atomic E-state index is 10.9. The Balaban J connectivity index is 0.000000166. The number of carboxylic acids is 1. The molecule has 1 aliphatic rings. The van der Waals surface area contributed by atoms with Crippen molar-refractivity contribution in [3.63, 3.8) is 0 Å². The van der Waals surface area contributed by atoms with Crippen LogP contribution in [0.2, 0.25) is 0 Å². The third-order valence-electron chi connectivity index (χ3n) is 5.36. The summed E-state index contributed by atoms with van der Waals surface area (Å²) in [6, 6.07) is 18.1. The first-order chi connectivity index (χ1) is 14.0.